The lowest BCUT2D eigenvalue weighted by Crippen LogP contribution is -2.41. The average molecular weight is 759 g/mol. The van der Waals surface area contributed by atoms with Crippen LogP contribution in [0, 0.1) is 0 Å². The van der Waals surface area contributed by atoms with Crippen molar-refractivity contribution < 1.29 is 89.7 Å². The van der Waals surface area contributed by atoms with Crippen molar-refractivity contribution in [2.45, 2.75) is 36.6 Å². The Morgan fingerprint density at radius 1 is 0.673 bits per heavy atom. The number of amides is 2. The van der Waals surface area contributed by atoms with Gasteiger partial charge >= 0.3 is 36.6 Å². The summed E-state index contributed by atoms with van der Waals surface area (Å²) in [4.78, 5) is 37.7. The van der Waals surface area contributed by atoms with Crippen molar-refractivity contribution in [1.29, 1.82) is 0 Å². The summed E-state index contributed by atoms with van der Waals surface area (Å²) in [5.74, 6) is -21.1. The number of rotatable bonds is 6. The Kier molecular flexibility index (Phi) is 9.35. The minimum Gasteiger partial charge on any atom is -0.545 e. The highest BCUT2D eigenvalue weighted by Crippen LogP contribution is 2.50. The Labute approximate surface area is 263 Å². The number of carboxylic acids is 1. The molecule has 0 N–H and O–H groups in total. The number of carbonyl (C=O) groups excluding carboxylic acids is 3. The molecule has 0 radical (unpaired) electrons. The number of aromatic nitrogens is 4. The van der Waals surface area contributed by atoms with Crippen molar-refractivity contribution in [1.82, 2.24) is 19.6 Å². The van der Waals surface area contributed by atoms with Gasteiger partial charge in [0.1, 0.15) is 22.5 Å². The quantitative estimate of drug-likeness (QED) is 0.225. The van der Waals surface area contributed by atoms with E-state index in [1.54, 1.807) is 0 Å². The number of aromatic carboxylic acids is 1. The number of hydrogen-bond acceptors (Lipinski definition) is 6. The van der Waals surface area contributed by atoms with Crippen LogP contribution in [0.1, 0.15) is 53.8 Å². The van der Waals surface area contributed by atoms with Crippen LogP contribution in [0.2, 0.25) is 5.02 Å². The number of carbonyl (C=O) groups is 3. The summed E-state index contributed by atoms with van der Waals surface area (Å²) in [6, 6.07) is 0.634. The van der Waals surface area contributed by atoms with E-state index in [1.807, 2.05) is 0 Å². The molecule has 9 nitrogen and oxygen atoms in total. The third-order valence-electron chi connectivity index (χ3n) is 6.21. The number of anilines is 1. The number of benzene rings is 1. The molecule has 26 heteroatoms. The van der Waals surface area contributed by atoms with Gasteiger partial charge in [-0.05, 0) is 18.2 Å². The summed E-state index contributed by atoms with van der Waals surface area (Å²) >= 11 is 5.59. The van der Waals surface area contributed by atoms with Gasteiger partial charge in [0.15, 0.2) is 11.4 Å². The predicted molar refractivity (Wildman–Crippen MR) is 123 cm³/mol. The Hall–Kier alpha value is -4.58. The monoisotopic (exact) mass is 758 g/mol. The van der Waals surface area contributed by atoms with Crippen LogP contribution < -0.4 is 10.0 Å². The molecule has 0 aliphatic heterocycles. The van der Waals surface area contributed by atoms with Crippen LogP contribution in [-0.2, 0) is 38.3 Å². The topological polar surface area (TPSA) is 113 Å². The molecule has 0 aliphatic rings. The van der Waals surface area contributed by atoms with Gasteiger partial charge in [0.2, 0.25) is 0 Å². The molecule has 0 spiro atoms. The molecule has 3 aromatic rings. The maximum atomic E-state index is 14.2. The Morgan fingerprint density at radius 3 is 1.31 bits per heavy atom. The molecule has 0 aliphatic carbocycles. The van der Waals surface area contributed by atoms with Gasteiger partial charge in [0, 0.05) is 24.7 Å². The number of aryl methyl sites for hydroxylation is 2. The first-order valence-electron chi connectivity index (χ1n) is 11.9. The number of hydrogen-bond donors (Lipinski definition) is 0. The summed E-state index contributed by atoms with van der Waals surface area (Å²) in [7, 11) is 0.200. The van der Waals surface area contributed by atoms with E-state index in [0.717, 1.165) is 0 Å². The van der Waals surface area contributed by atoms with Gasteiger partial charge in [-0.1, -0.05) is 11.6 Å². The SMILES string of the molecule is Cn1nc(C(F)(F)C(F)(F)F)c(C(F)(F)F)c1C(=O)N(C(=O)c1c(C(F)(F)F)c(C(F)(F)C(F)(F)F)nn1C)c1ccc(Cl)c(C(=O)[O-])c1. The fourth-order valence-corrected chi connectivity index (χ4v) is 4.33. The smallest absolute Gasteiger partial charge is 0.459 e. The summed E-state index contributed by atoms with van der Waals surface area (Å²) in [6.45, 7) is 0. The average Bonchev–Trinajstić information content (AvgIpc) is 3.46. The fourth-order valence-electron chi connectivity index (χ4n) is 4.13. The van der Waals surface area contributed by atoms with E-state index in [-0.39, 0.29) is 26.2 Å². The lowest BCUT2D eigenvalue weighted by atomic mass is 10.0. The minimum atomic E-state index is -6.85. The van der Waals surface area contributed by atoms with Gasteiger partial charge in [0.05, 0.1) is 11.7 Å². The van der Waals surface area contributed by atoms with E-state index >= 15 is 0 Å². The van der Waals surface area contributed by atoms with E-state index in [4.69, 9.17) is 11.6 Å². The highest BCUT2D eigenvalue weighted by molar-refractivity contribution is 6.34. The van der Waals surface area contributed by atoms with Crippen molar-refractivity contribution in [3.05, 3.63) is 62.7 Å². The molecule has 2 amide bonds. The number of alkyl halides is 16. The summed E-state index contributed by atoms with van der Waals surface area (Å²) in [5.41, 5.74) is -20.8. The van der Waals surface area contributed by atoms with Gasteiger partial charge < -0.3 is 9.90 Å². The van der Waals surface area contributed by atoms with Crippen LogP contribution in [0.15, 0.2) is 18.2 Å². The Bertz CT molecular complexity index is 1740. The van der Waals surface area contributed by atoms with Crippen LogP contribution >= 0.6 is 11.6 Å². The van der Waals surface area contributed by atoms with Crippen LogP contribution in [0.25, 0.3) is 0 Å². The zero-order valence-electron chi connectivity index (χ0n) is 23.0. The van der Waals surface area contributed by atoms with Crippen LogP contribution in [-0.4, -0.2) is 49.7 Å². The zero-order chi connectivity index (χ0) is 38.2. The van der Waals surface area contributed by atoms with Crippen molar-refractivity contribution >= 4 is 35.1 Å². The van der Waals surface area contributed by atoms with Gasteiger partial charge in [-0.2, -0.15) is 80.4 Å². The molecule has 2 heterocycles. The molecule has 1 aromatic carbocycles. The molecule has 0 bridgehead atoms. The maximum absolute atomic E-state index is 14.2. The molecular formula is C23H9ClF16N5O4-. The molecule has 270 valence electrons. The summed E-state index contributed by atoms with van der Waals surface area (Å²) in [5, 5.41) is 15.3. The lowest BCUT2D eigenvalue weighted by Gasteiger charge is -2.25. The van der Waals surface area contributed by atoms with Crippen molar-refractivity contribution in [2.75, 3.05) is 4.90 Å². The van der Waals surface area contributed by atoms with Crippen molar-refractivity contribution in [3.8, 4) is 0 Å². The predicted octanol–water partition coefficient (Wildman–Crippen LogP) is 6.00. The highest BCUT2D eigenvalue weighted by atomic mass is 35.5. The molecule has 0 saturated heterocycles. The molecule has 3 rings (SSSR count). The van der Waals surface area contributed by atoms with E-state index in [1.165, 1.54) is 0 Å². The summed E-state index contributed by atoms with van der Waals surface area (Å²) < 4.78 is 219. The molecule has 49 heavy (non-hydrogen) atoms. The largest absolute Gasteiger partial charge is 0.545 e. The number of nitrogens with zero attached hydrogens (tertiary/aromatic N) is 5. The van der Waals surface area contributed by atoms with E-state index in [9.17, 15) is 89.7 Å². The fraction of sp³-hybridized carbons (Fsp3) is 0.348. The molecule has 0 saturated carbocycles. The molecule has 2 aromatic heterocycles. The van der Waals surface area contributed by atoms with Gasteiger partial charge in [-0.25, -0.2) is 4.90 Å². The van der Waals surface area contributed by atoms with E-state index in [0.29, 0.717) is 6.07 Å². The molecule has 0 fully saturated rings. The van der Waals surface area contributed by atoms with Gasteiger partial charge in [-0.15, -0.1) is 0 Å². The van der Waals surface area contributed by atoms with Crippen molar-refractivity contribution in [2.24, 2.45) is 14.1 Å². The van der Waals surface area contributed by atoms with E-state index < -0.39 is 119 Å². The van der Waals surface area contributed by atoms with Crippen LogP contribution in [0.4, 0.5) is 75.9 Å². The normalized spacial score (nSPS) is 13.5. The molecule has 0 unspecified atom stereocenters. The standard InChI is InChI=1S/C23H10ClF16N5O4/c1-43-11(9(20(29,30)31)13(41-43)18(25,26)22(35,36)37)15(46)45(6-3-4-8(24)7(5-6)17(48)49)16(47)12-10(21(32,33)34)14(42-44(12)2)19(27,28)23(38,39)40/h3-5H,1-2H3,(H,48,49)/p-1. The van der Waals surface area contributed by atoms with Crippen LogP contribution in [0.5, 0.6) is 0 Å². The minimum absolute atomic E-state index is 0.00279. The molecule has 0 atom stereocenters. The first-order chi connectivity index (χ1) is 21.8. The van der Waals surface area contributed by atoms with E-state index in [2.05, 4.69) is 10.2 Å². The highest BCUT2D eigenvalue weighted by Gasteiger charge is 2.66. The van der Waals surface area contributed by atoms with Gasteiger partial charge in [-0.3, -0.25) is 19.0 Å². The van der Waals surface area contributed by atoms with Crippen LogP contribution in [0.3, 0.4) is 0 Å². The molecular weight excluding hydrogens is 750 g/mol. The third-order valence-corrected chi connectivity index (χ3v) is 6.54. The number of imide groups is 1. The lowest BCUT2D eigenvalue weighted by molar-refractivity contribution is -0.292. The first-order valence-corrected chi connectivity index (χ1v) is 12.3. The number of halogens is 17. The first kappa shape index (κ1) is 38.9. The second-order valence-corrected chi connectivity index (χ2v) is 9.84. The Balaban J connectivity index is 2.54. The maximum Gasteiger partial charge on any atom is 0.459 e. The van der Waals surface area contributed by atoms with Crippen molar-refractivity contribution in [3.63, 3.8) is 0 Å². The Morgan fingerprint density at radius 2 is 1.02 bits per heavy atom. The second kappa shape index (κ2) is 11.8. The summed E-state index contributed by atoms with van der Waals surface area (Å²) in [6.07, 6.45) is -26.6. The second-order valence-electron chi connectivity index (χ2n) is 9.43. The third kappa shape index (κ3) is 6.58. The number of carboxylic acid groups (broad SMARTS) is 1. The van der Waals surface area contributed by atoms with Gasteiger partial charge in [0.25, 0.3) is 11.8 Å². The zero-order valence-corrected chi connectivity index (χ0v) is 23.8.